The Bertz CT molecular complexity index is 870. The van der Waals surface area contributed by atoms with E-state index in [1.54, 1.807) is 0 Å². The Labute approximate surface area is 355 Å². The summed E-state index contributed by atoms with van der Waals surface area (Å²) in [5, 5.41) is 0. The molecule has 0 heterocycles. The van der Waals surface area contributed by atoms with Gasteiger partial charge in [0.25, 0.3) is 0 Å². The molecule has 338 valence electrons. The smallest absolute Gasteiger partial charge is 0.306 e. The lowest BCUT2D eigenvalue weighted by molar-refractivity contribution is -0.167. The lowest BCUT2D eigenvalue weighted by Gasteiger charge is -2.18. The summed E-state index contributed by atoms with van der Waals surface area (Å²) in [5.41, 5.74) is 0. The second-order valence-electron chi connectivity index (χ2n) is 18.4. The van der Waals surface area contributed by atoms with Crippen LogP contribution in [0.25, 0.3) is 0 Å². The van der Waals surface area contributed by atoms with Crippen molar-refractivity contribution >= 4 is 17.9 Å². The molecule has 0 spiro atoms. The predicted octanol–water partition coefficient (Wildman–Crippen LogP) is 16.1. The second kappa shape index (κ2) is 44.0. The van der Waals surface area contributed by atoms with Gasteiger partial charge in [0.05, 0.1) is 0 Å². The second-order valence-corrected chi connectivity index (χ2v) is 18.4. The van der Waals surface area contributed by atoms with Crippen molar-refractivity contribution in [1.82, 2.24) is 0 Å². The molecule has 0 unspecified atom stereocenters. The molecule has 57 heavy (non-hydrogen) atoms. The Hall–Kier alpha value is -1.59. The van der Waals surface area contributed by atoms with Gasteiger partial charge in [-0.3, -0.25) is 14.4 Å². The highest BCUT2D eigenvalue weighted by atomic mass is 16.6. The van der Waals surface area contributed by atoms with Gasteiger partial charge in [0.15, 0.2) is 6.10 Å². The molecule has 0 aliphatic heterocycles. The van der Waals surface area contributed by atoms with E-state index < -0.39 is 6.10 Å². The molecule has 0 radical (unpaired) electrons. The molecule has 0 aromatic rings. The van der Waals surface area contributed by atoms with Crippen molar-refractivity contribution in [2.24, 2.45) is 11.8 Å². The van der Waals surface area contributed by atoms with Crippen LogP contribution in [0.2, 0.25) is 0 Å². The molecule has 1 atom stereocenters. The van der Waals surface area contributed by atoms with Crippen LogP contribution in [-0.4, -0.2) is 37.2 Å². The maximum absolute atomic E-state index is 12.7. The average Bonchev–Trinajstić information content (AvgIpc) is 3.18. The van der Waals surface area contributed by atoms with Crippen LogP contribution in [-0.2, 0) is 28.6 Å². The highest BCUT2D eigenvalue weighted by Gasteiger charge is 2.19. The van der Waals surface area contributed by atoms with Crippen molar-refractivity contribution < 1.29 is 28.6 Å². The van der Waals surface area contributed by atoms with Crippen molar-refractivity contribution in [3.05, 3.63) is 0 Å². The number of esters is 3. The minimum atomic E-state index is -0.760. The first kappa shape index (κ1) is 55.4. The van der Waals surface area contributed by atoms with Gasteiger partial charge < -0.3 is 14.2 Å². The number of rotatable bonds is 45. The summed E-state index contributed by atoms with van der Waals surface area (Å²) >= 11 is 0. The molecular weight excluding hydrogens is 709 g/mol. The third-order valence-electron chi connectivity index (χ3n) is 11.5. The molecule has 0 N–H and O–H groups in total. The monoisotopic (exact) mass is 807 g/mol. The number of hydrogen-bond acceptors (Lipinski definition) is 6. The van der Waals surface area contributed by atoms with E-state index in [9.17, 15) is 14.4 Å². The third kappa shape index (κ3) is 45.3. The lowest BCUT2D eigenvalue weighted by Crippen LogP contribution is -2.30. The molecule has 0 aromatic carbocycles. The summed E-state index contributed by atoms with van der Waals surface area (Å²) in [4.78, 5) is 37.8. The summed E-state index contributed by atoms with van der Waals surface area (Å²) < 4.78 is 16.8. The third-order valence-corrected chi connectivity index (χ3v) is 11.5. The fraction of sp³-hybridized carbons (Fsp3) is 0.941. The van der Waals surface area contributed by atoms with Gasteiger partial charge in [0, 0.05) is 19.3 Å². The van der Waals surface area contributed by atoms with Crippen LogP contribution in [0.15, 0.2) is 0 Å². The van der Waals surface area contributed by atoms with Gasteiger partial charge in [-0.05, 0) is 31.1 Å². The van der Waals surface area contributed by atoms with Gasteiger partial charge in [0.2, 0.25) is 0 Å². The fourth-order valence-electron chi connectivity index (χ4n) is 7.64. The fourth-order valence-corrected chi connectivity index (χ4v) is 7.64. The van der Waals surface area contributed by atoms with Crippen LogP contribution in [0.5, 0.6) is 0 Å². The summed E-state index contributed by atoms with van der Waals surface area (Å²) in [6.07, 6.45) is 43.8. The van der Waals surface area contributed by atoms with E-state index in [0.29, 0.717) is 19.3 Å². The molecule has 0 aliphatic carbocycles. The van der Waals surface area contributed by atoms with Gasteiger partial charge in [0.1, 0.15) is 13.2 Å². The molecule has 0 bridgehead atoms. The van der Waals surface area contributed by atoms with Crippen LogP contribution in [0.4, 0.5) is 0 Å². The summed E-state index contributed by atoms with van der Waals surface area (Å²) in [6.45, 7) is 11.3. The average molecular weight is 807 g/mol. The zero-order valence-corrected chi connectivity index (χ0v) is 39.0. The van der Waals surface area contributed by atoms with E-state index in [2.05, 4.69) is 34.6 Å². The van der Waals surface area contributed by atoms with Gasteiger partial charge in [-0.2, -0.15) is 0 Å². The van der Waals surface area contributed by atoms with Crippen molar-refractivity contribution in [3.8, 4) is 0 Å². The van der Waals surface area contributed by atoms with Gasteiger partial charge >= 0.3 is 17.9 Å². The topological polar surface area (TPSA) is 78.9 Å². The normalized spacial score (nSPS) is 12.1. The first-order valence-corrected chi connectivity index (χ1v) is 25.2. The quantitative estimate of drug-likeness (QED) is 0.0346. The van der Waals surface area contributed by atoms with Crippen LogP contribution in [0.3, 0.4) is 0 Å². The SMILES string of the molecule is CCCCCCCCCCCC(=O)O[C@@H](COC(=O)CCCCCCCCCCCCCCCCC(C)C)COC(=O)CCCCCCCCCCCCC(C)C. The molecule has 0 fully saturated rings. The van der Waals surface area contributed by atoms with E-state index >= 15 is 0 Å². The molecule has 0 saturated carbocycles. The Balaban J connectivity index is 4.24. The van der Waals surface area contributed by atoms with Gasteiger partial charge in [-0.25, -0.2) is 0 Å². The Morgan fingerprint density at radius 1 is 0.333 bits per heavy atom. The molecule has 6 nitrogen and oxygen atoms in total. The first-order chi connectivity index (χ1) is 27.7. The molecule has 0 amide bonds. The molecule has 0 aliphatic rings. The number of carbonyl (C=O) groups is 3. The Kier molecular flexibility index (Phi) is 42.7. The van der Waals surface area contributed by atoms with Crippen LogP contribution < -0.4 is 0 Å². The van der Waals surface area contributed by atoms with Gasteiger partial charge in [-0.15, -0.1) is 0 Å². The zero-order valence-electron chi connectivity index (χ0n) is 39.0. The standard InChI is InChI=1S/C51H98O6/c1-6-7-8-9-10-19-28-33-38-43-51(54)57-48(45-56-50(53)42-37-32-27-23-18-17-21-25-30-35-40-47(4)5)44-55-49(52)41-36-31-26-22-16-14-12-11-13-15-20-24-29-34-39-46(2)3/h46-48H,6-45H2,1-5H3/t48-/m0/s1. The van der Waals surface area contributed by atoms with Gasteiger partial charge in [-0.1, -0.05) is 240 Å². The van der Waals surface area contributed by atoms with E-state index in [0.717, 1.165) is 69.6 Å². The van der Waals surface area contributed by atoms with E-state index in [4.69, 9.17) is 14.2 Å². The largest absolute Gasteiger partial charge is 0.462 e. The number of carbonyl (C=O) groups excluding carboxylic acids is 3. The predicted molar refractivity (Wildman–Crippen MR) is 243 cm³/mol. The highest BCUT2D eigenvalue weighted by molar-refractivity contribution is 5.71. The van der Waals surface area contributed by atoms with Crippen LogP contribution in [0.1, 0.15) is 279 Å². The van der Waals surface area contributed by atoms with E-state index in [1.165, 1.54) is 167 Å². The molecule has 0 saturated heterocycles. The minimum absolute atomic E-state index is 0.0640. The van der Waals surface area contributed by atoms with Crippen molar-refractivity contribution in [2.45, 2.75) is 285 Å². The Morgan fingerprint density at radius 3 is 0.860 bits per heavy atom. The summed E-state index contributed by atoms with van der Waals surface area (Å²) in [7, 11) is 0. The van der Waals surface area contributed by atoms with Crippen molar-refractivity contribution in [1.29, 1.82) is 0 Å². The first-order valence-electron chi connectivity index (χ1n) is 25.2. The zero-order chi connectivity index (χ0) is 41.9. The highest BCUT2D eigenvalue weighted by Crippen LogP contribution is 2.17. The van der Waals surface area contributed by atoms with Crippen molar-refractivity contribution in [3.63, 3.8) is 0 Å². The summed E-state index contributed by atoms with van der Waals surface area (Å²) in [5.74, 6) is 0.811. The Morgan fingerprint density at radius 2 is 0.579 bits per heavy atom. The van der Waals surface area contributed by atoms with Crippen molar-refractivity contribution in [2.75, 3.05) is 13.2 Å². The lowest BCUT2D eigenvalue weighted by atomic mass is 10.0. The minimum Gasteiger partial charge on any atom is -0.462 e. The number of ether oxygens (including phenoxy) is 3. The molecule has 0 rings (SSSR count). The van der Waals surface area contributed by atoms with Crippen LogP contribution in [0, 0.1) is 11.8 Å². The number of unbranched alkanes of at least 4 members (excludes halogenated alkanes) is 30. The van der Waals surface area contributed by atoms with E-state index in [-0.39, 0.29) is 31.1 Å². The van der Waals surface area contributed by atoms with E-state index in [1.807, 2.05) is 0 Å². The molecule has 6 heteroatoms. The van der Waals surface area contributed by atoms with Crippen LogP contribution >= 0.6 is 0 Å². The maximum Gasteiger partial charge on any atom is 0.306 e. The molecule has 0 aromatic heterocycles. The summed E-state index contributed by atoms with van der Waals surface area (Å²) in [6, 6.07) is 0. The maximum atomic E-state index is 12.7. The molecular formula is C51H98O6. The number of hydrogen-bond donors (Lipinski definition) is 0.